The van der Waals surface area contributed by atoms with E-state index in [0.717, 1.165) is 0 Å². The molecule has 0 aliphatic rings. The van der Waals surface area contributed by atoms with Gasteiger partial charge in [0.15, 0.2) is 11.5 Å². The molecule has 0 amide bonds. The number of halogens is 3. The van der Waals surface area contributed by atoms with E-state index < -0.39 is 6.36 Å². The van der Waals surface area contributed by atoms with Crippen LogP contribution in [0.15, 0.2) is 30.6 Å². The Labute approximate surface area is 128 Å². The van der Waals surface area contributed by atoms with Crippen molar-refractivity contribution in [2.24, 2.45) is 7.05 Å². The lowest BCUT2D eigenvalue weighted by Gasteiger charge is -2.09. The largest absolute Gasteiger partial charge is 0.573 e. The van der Waals surface area contributed by atoms with Gasteiger partial charge in [-0.3, -0.25) is 0 Å². The normalized spacial score (nSPS) is 11.9. The van der Waals surface area contributed by atoms with Crippen LogP contribution in [0.3, 0.4) is 0 Å². The molecule has 0 aliphatic carbocycles. The van der Waals surface area contributed by atoms with Crippen LogP contribution in [-0.4, -0.2) is 31.0 Å². The third-order valence-electron chi connectivity index (χ3n) is 3.11. The molecule has 9 heteroatoms. The molecule has 3 aromatic rings. The number of rotatable bonds is 3. The van der Waals surface area contributed by atoms with Crippen LogP contribution in [0.1, 0.15) is 5.82 Å². The van der Waals surface area contributed by atoms with Crippen LogP contribution in [0.4, 0.5) is 13.2 Å². The van der Waals surface area contributed by atoms with Gasteiger partial charge in [0.05, 0.1) is 6.33 Å². The quantitative estimate of drug-likeness (QED) is 0.801. The lowest BCUT2D eigenvalue weighted by molar-refractivity contribution is -0.274. The minimum Gasteiger partial charge on any atom is -0.406 e. The predicted molar refractivity (Wildman–Crippen MR) is 74.3 cm³/mol. The molecular formula is C14H11F3N4O2. The number of aromatic nitrogens is 4. The molecule has 0 aliphatic heterocycles. The molecule has 0 spiro atoms. The van der Waals surface area contributed by atoms with Gasteiger partial charge in [-0.2, -0.15) is 0 Å². The number of aryl methyl sites for hydroxylation is 1. The Kier molecular flexibility index (Phi) is 3.64. The Balaban J connectivity index is 2.06. The monoisotopic (exact) mass is 324 g/mol. The maximum absolute atomic E-state index is 12.2. The van der Waals surface area contributed by atoms with E-state index in [-0.39, 0.29) is 18.2 Å². The van der Waals surface area contributed by atoms with Crippen molar-refractivity contribution in [2.45, 2.75) is 13.0 Å². The summed E-state index contributed by atoms with van der Waals surface area (Å²) >= 11 is 0. The number of imidazole rings is 1. The van der Waals surface area contributed by atoms with Gasteiger partial charge in [-0.05, 0) is 24.3 Å². The first kappa shape index (κ1) is 15.2. The van der Waals surface area contributed by atoms with Crippen LogP contribution < -0.4 is 4.74 Å². The smallest absolute Gasteiger partial charge is 0.406 e. The zero-order chi connectivity index (χ0) is 16.6. The van der Waals surface area contributed by atoms with E-state index >= 15 is 0 Å². The Morgan fingerprint density at radius 3 is 2.48 bits per heavy atom. The maximum atomic E-state index is 12.2. The highest BCUT2D eigenvalue weighted by atomic mass is 19.4. The van der Waals surface area contributed by atoms with Gasteiger partial charge >= 0.3 is 6.36 Å². The first-order valence-corrected chi connectivity index (χ1v) is 6.52. The van der Waals surface area contributed by atoms with E-state index in [1.54, 1.807) is 17.9 Å². The number of aliphatic hydroxyl groups is 1. The SMILES string of the molecule is Cn1cnc2c(-c3ccc(OC(F)(F)F)cc3)nc(CO)nc21. The van der Waals surface area contributed by atoms with Crippen molar-refractivity contribution in [1.82, 2.24) is 19.5 Å². The topological polar surface area (TPSA) is 73.1 Å². The molecule has 3 rings (SSSR count). The molecular weight excluding hydrogens is 313 g/mol. The summed E-state index contributed by atoms with van der Waals surface area (Å²) in [5, 5.41) is 9.27. The van der Waals surface area contributed by atoms with Gasteiger partial charge in [0, 0.05) is 12.6 Å². The van der Waals surface area contributed by atoms with Crippen LogP contribution in [0.2, 0.25) is 0 Å². The van der Waals surface area contributed by atoms with Gasteiger partial charge in [-0.25, -0.2) is 15.0 Å². The zero-order valence-electron chi connectivity index (χ0n) is 11.9. The molecule has 1 N–H and O–H groups in total. The van der Waals surface area contributed by atoms with Crippen LogP contribution in [0.5, 0.6) is 5.75 Å². The van der Waals surface area contributed by atoms with Crippen molar-refractivity contribution >= 4 is 11.2 Å². The van der Waals surface area contributed by atoms with E-state index in [4.69, 9.17) is 0 Å². The van der Waals surface area contributed by atoms with Gasteiger partial charge in [0.25, 0.3) is 0 Å². The molecule has 23 heavy (non-hydrogen) atoms. The summed E-state index contributed by atoms with van der Waals surface area (Å²) in [5.41, 5.74) is 1.99. The second-order valence-electron chi connectivity index (χ2n) is 4.75. The molecule has 0 bridgehead atoms. The van der Waals surface area contributed by atoms with E-state index in [9.17, 15) is 18.3 Å². The molecule has 0 saturated carbocycles. The molecule has 2 heterocycles. The molecule has 2 aromatic heterocycles. The van der Waals surface area contributed by atoms with Crippen molar-refractivity contribution in [2.75, 3.05) is 0 Å². The Hall–Kier alpha value is -2.68. The van der Waals surface area contributed by atoms with Gasteiger partial charge in [-0.1, -0.05) is 0 Å². The zero-order valence-corrected chi connectivity index (χ0v) is 11.9. The van der Waals surface area contributed by atoms with E-state index in [0.29, 0.717) is 22.4 Å². The summed E-state index contributed by atoms with van der Waals surface area (Å²) < 4.78 is 42.1. The van der Waals surface area contributed by atoms with Crippen molar-refractivity contribution in [3.8, 4) is 17.0 Å². The van der Waals surface area contributed by atoms with Gasteiger partial charge in [-0.15, -0.1) is 13.2 Å². The third kappa shape index (κ3) is 3.09. The Morgan fingerprint density at radius 1 is 1.17 bits per heavy atom. The summed E-state index contributed by atoms with van der Waals surface area (Å²) in [4.78, 5) is 12.6. The van der Waals surface area contributed by atoms with E-state index in [1.165, 1.54) is 24.3 Å². The van der Waals surface area contributed by atoms with Crippen molar-refractivity contribution in [3.05, 3.63) is 36.4 Å². The highest BCUT2D eigenvalue weighted by molar-refractivity contribution is 5.87. The van der Waals surface area contributed by atoms with Crippen LogP contribution in [-0.2, 0) is 13.7 Å². The Morgan fingerprint density at radius 2 is 1.87 bits per heavy atom. The molecule has 0 atom stereocenters. The number of hydrogen-bond acceptors (Lipinski definition) is 5. The average Bonchev–Trinajstić information content (AvgIpc) is 2.87. The van der Waals surface area contributed by atoms with E-state index in [2.05, 4.69) is 19.7 Å². The van der Waals surface area contributed by atoms with Gasteiger partial charge in [0.1, 0.15) is 23.6 Å². The minimum absolute atomic E-state index is 0.201. The summed E-state index contributed by atoms with van der Waals surface area (Å²) in [6, 6.07) is 5.27. The summed E-state index contributed by atoms with van der Waals surface area (Å²) in [7, 11) is 1.74. The third-order valence-corrected chi connectivity index (χ3v) is 3.11. The van der Waals surface area contributed by atoms with E-state index in [1.807, 2.05) is 0 Å². The number of nitrogens with zero attached hydrogens (tertiary/aromatic N) is 4. The number of aliphatic hydroxyl groups excluding tert-OH is 1. The first-order chi connectivity index (χ1) is 10.9. The second-order valence-corrected chi connectivity index (χ2v) is 4.75. The summed E-state index contributed by atoms with van der Waals surface area (Å²) in [5.74, 6) is -0.123. The fourth-order valence-corrected chi connectivity index (χ4v) is 2.14. The second kappa shape index (κ2) is 5.51. The fraction of sp³-hybridized carbons (Fsp3) is 0.214. The standard InChI is InChI=1S/C14H11F3N4O2/c1-21-7-18-12-11(19-10(6-22)20-13(12)21)8-2-4-9(5-3-8)23-14(15,16)17/h2-5,7,22H,6H2,1H3. The van der Waals surface area contributed by atoms with Crippen molar-refractivity contribution < 1.29 is 23.0 Å². The fourth-order valence-electron chi connectivity index (χ4n) is 2.14. The number of benzene rings is 1. The highest BCUT2D eigenvalue weighted by Crippen LogP contribution is 2.28. The number of ether oxygens (including phenoxy) is 1. The predicted octanol–water partition coefficient (Wildman–Crippen LogP) is 2.42. The number of hydrogen-bond donors (Lipinski definition) is 1. The molecule has 0 unspecified atom stereocenters. The average molecular weight is 324 g/mol. The summed E-state index contributed by atoms with van der Waals surface area (Å²) in [6.07, 6.45) is -3.19. The first-order valence-electron chi connectivity index (χ1n) is 6.52. The maximum Gasteiger partial charge on any atom is 0.573 e. The molecule has 0 radical (unpaired) electrons. The van der Waals surface area contributed by atoms with Crippen LogP contribution >= 0.6 is 0 Å². The van der Waals surface area contributed by atoms with Crippen molar-refractivity contribution in [1.29, 1.82) is 0 Å². The number of alkyl halides is 3. The molecule has 0 fully saturated rings. The van der Waals surface area contributed by atoms with Crippen LogP contribution in [0.25, 0.3) is 22.4 Å². The lowest BCUT2D eigenvalue weighted by atomic mass is 10.1. The summed E-state index contributed by atoms with van der Waals surface area (Å²) in [6.45, 7) is -0.358. The van der Waals surface area contributed by atoms with Gasteiger partial charge in [0.2, 0.25) is 0 Å². The number of fused-ring (bicyclic) bond motifs is 1. The highest BCUT2D eigenvalue weighted by Gasteiger charge is 2.31. The lowest BCUT2D eigenvalue weighted by Crippen LogP contribution is -2.16. The van der Waals surface area contributed by atoms with Crippen molar-refractivity contribution in [3.63, 3.8) is 0 Å². The Bertz CT molecular complexity index is 844. The molecule has 1 aromatic carbocycles. The van der Waals surface area contributed by atoms with Crippen LogP contribution in [0, 0.1) is 0 Å². The molecule has 0 saturated heterocycles. The molecule has 120 valence electrons. The molecule has 6 nitrogen and oxygen atoms in total. The van der Waals surface area contributed by atoms with Gasteiger partial charge < -0.3 is 14.4 Å². The minimum atomic E-state index is -4.74.